The molecule has 0 radical (unpaired) electrons. The second kappa shape index (κ2) is 4.49. The number of hydrogen-bond donors (Lipinski definition) is 1. The molecule has 0 bridgehead atoms. The van der Waals surface area contributed by atoms with Gasteiger partial charge in [0, 0.05) is 5.38 Å². The number of benzene rings is 1. The van der Waals surface area contributed by atoms with Gasteiger partial charge in [-0.1, -0.05) is 27.4 Å². The highest BCUT2D eigenvalue weighted by atomic mass is 32.2. The van der Waals surface area contributed by atoms with E-state index in [1.165, 1.54) is 23.5 Å². The standard InChI is InChI=1S/C9H9N2O2PS2/c12-16(13,7-4-2-1-3-5-7)11-9-10-8(14)6-15-9/h1-6H,14H2,(H,10,11). The first-order valence-electron chi connectivity index (χ1n) is 4.37. The van der Waals surface area contributed by atoms with Crippen molar-refractivity contribution in [1.29, 1.82) is 0 Å². The molecule has 0 spiro atoms. The Kier molecular flexibility index (Phi) is 3.23. The average molecular weight is 272 g/mol. The monoisotopic (exact) mass is 272 g/mol. The van der Waals surface area contributed by atoms with E-state index in [1.54, 1.807) is 23.6 Å². The zero-order chi connectivity index (χ0) is 11.6. The van der Waals surface area contributed by atoms with E-state index in [0.29, 0.717) is 5.13 Å². The van der Waals surface area contributed by atoms with Crippen molar-refractivity contribution in [1.82, 2.24) is 4.98 Å². The van der Waals surface area contributed by atoms with Crippen LogP contribution in [0.1, 0.15) is 0 Å². The highest BCUT2D eigenvalue weighted by molar-refractivity contribution is 7.93. The van der Waals surface area contributed by atoms with Gasteiger partial charge < -0.3 is 0 Å². The Morgan fingerprint density at radius 3 is 2.50 bits per heavy atom. The molecule has 1 aromatic carbocycles. The predicted octanol–water partition coefficient (Wildman–Crippen LogP) is 1.44. The van der Waals surface area contributed by atoms with Crippen LogP contribution >= 0.6 is 20.6 Å². The number of rotatable bonds is 3. The van der Waals surface area contributed by atoms with Gasteiger partial charge in [0.15, 0.2) is 5.13 Å². The lowest BCUT2D eigenvalue weighted by Gasteiger charge is -2.03. The Labute approximate surface area is 100.0 Å². The summed E-state index contributed by atoms with van der Waals surface area (Å²) in [6, 6.07) is 8.20. The van der Waals surface area contributed by atoms with E-state index < -0.39 is 10.0 Å². The fourth-order valence-corrected chi connectivity index (χ4v) is 3.41. The second-order valence-electron chi connectivity index (χ2n) is 3.00. The third-order valence-electron chi connectivity index (χ3n) is 1.80. The molecule has 4 nitrogen and oxygen atoms in total. The minimum absolute atomic E-state index is 0.232. The van der Waals surface area contributed by atoms with Crippen LogP contribution in [0.25, 0.3) is 0 Å². The minimum atomic E-state index is -3.51. The van der Waals surface area contributed by atoms with Crippen LogP contribution in [-0.4, -0.2) is 13.4 Å². The van der Waals surface area contributed by atoms with E-state index in [9.17, 15) is 8.42 Å². The van der Waals surface area contributed by atoms with Crippen LogP contribution in [0.3, 0.4) is 0 Å². The predicted molar refractivity (Wildman–Crippen MR) is 68.7 cm³/mol. The van der Waals surface area contributed by atoms with Gasteiger partial charge in [0.1, 0.15) is 0 Å². The van der Waals surface area contributed by atoms with E-state index in [4.69, 9.17) is 0 Å². The van der Waals surface area contributed by atoms with Crippen LogP contribution in [-0.2, 0) is 10.0 Å². The first kappa shape index (κ1) is 11.5. The first-order chi connectivity index (χ1) is 7.58. The van der Waals surface area contributed by atoms with Crippen molar-refractivity contribution in [2.45, 2.75) is 4.90 Å². The largest absolute Gasteiger partial charge is 0.263 e. The molecule has 1 atom stereocenters. The molecule has 0 saturated heterocycles. The number of thiazole rings is 1. The average Bonchev–Trinajstić information content (AvgIpc) is 2.64. The highest BCUT2D eigenvalue weighted by Gasteiger charge is 2.14. The van der Waals surface area contributed by atoms with Crippen LogP contribution in [0.4, 0.5) is 5.13 Å². The zero-order valence-corrected chi connectivity index (χ0v) is 10.9. The molecule has 2 rings (SSSR count). The van der Waals surface area contributed by atoms with E-state index in [1.807, 2.05) is 0 Å². The van der Waals surface area contributed by atoms with Crippen LogP contribution in [0.5, 0.6) is 0 Å². The molecule has 0 aliphatic carbocycles. The van der Waals surface area contributed by atoms with Crippen LogP contribution in [0, 0.1) is 0 Å². The molecule has 2 aromatic rings. The summed E-state index contributed by atoms with van der Waals surface area (Å²) in [5.74, 6) is 0. The molecule has 0 fully saturated rings. The first-order valence-corrected chi connectivity index (χ1v) is 7.31. The smallest absolute Gasteiger partial charge is 0.255 e. The van der Waals surface area contributed by atoms with Crippen molar-refractivity contribution in [2.24, 2.45) is 0 Å². The van der Waals surface area contributed by atoms with Crippen molar-refractivity contribution in [3.63, 3.8) is 0 Å². The minimum Gasteiger partial charge on any atom is -0.255 e. The molecule has 0 saturated carbocycles. The quantitative estimate of drug-likeness (QED) is 0.860. The van der Waals surface area contributed by atoms with Gasteiger partial charge in [-0.15, -0.1) is 11.3 Å². The third-order valence-corrected chi connectivity index (χ3v) is 4.59. The van der Waals surface area contributed by atoms with Gasteiger partial charge in [-0.3, -0.25) is 4.72 Å². The van der Waals surface area contributed by atoms with E-state index >= 15 is 0 Å². The van der Waals surface area contributed by atoms with Gasteiger partial charge in [0.25, 0.3) is 10.0 Å². The molecular weight excluding hydrogens is 263 g/mol. The normalized spacial score (nSPS) is 11.3. The molecule has 1 unspecified atom stereocenters. The summed E-state index contributed by atoms with van der Waals surface area (Å²) in [6.07, 6.45) is 0. The molecule has 84 valence electrons. The van der Waals surface area contributed by atoms with Gasteiger partial charge in [-0.25, -0.2) is 13.4 Å². The number of sulfonamides is 1. The van der Waals surface area contributed by atoms with Gasteiger partial charge >= 0.3 is 0 Å². The topological polar surface area (TPSA) is 59.1 Å². The maximum absolute atomic E-state index is 11.9. The van der Waals surface area contributed by atoms with E-state index in [2.05, 4.69) is 18.9 Å². The van der Waals surface area contributed by atoms with Crippen LogP contribution in [0.2, 0.25) is 0 Å². The summed E-state index contributed by atoms with van der Waals surface area (Å²) in [4.78, 5) is 4.24. The van der Waals surface area contributed by atoms with E-state index in [0.717, 1.165) is 5.44 Å². The Hall–Kier alpha value is -0.970. The Morgan fingerprint density at radius 1 is 1.25 bits per heavy atom. The lowest BCUT2D eigenvalue weighted by molar-refractivity contribution is 0.601. The maximum atomic E-state index is 11.9. The van der Waals surface area contributed by atoms with Crippen molar-refractivity contribution >= 4 is 41.2 Å². The Balaban J connectivity index is 2.28. The number of nitrogens with zero attached hydrogens (tertiary/aromatic N) is 1. The number of anilines is 1. The number of hydrogen-bond acceptors (Lipinski definition) is 4. The summed E-state index contributed by atoms with van der Waals surface area (Å²) in [7, 11) is -1.10. The van der Waals surface area contributed by atoms with Gasteiger partial charge in [-0.05, 0) is 12.1 Å². The summed E-state index contributed by atoms with van der Waals surface area (Å²) in [5, 5.41) is 2.13. The fraction of sp³-hybridized carbons (Fsp3) is 0. The van der Waals surface area contributed by atoms with Crippen molar-refractivity contribution in [3.8, 4) is 0 Å². The fourth-order valence-electron chi connectivity index (χ4n) is 1.11. The third kappa shape index (κ3) is 2.58. The van der Waals surface area contributed by atoms with Crippen LogP contribution < -0.4 is 10.2 Å². The summed E-state index contributed by atoms with van der Waals surface area (Å²) < 4.78 is 26.1. The van der Waals surface area contributed by atoms with Crippen molar-refractivity contribution in [2.75, 3.05) is 4.72 Å². The molecule has 16 heavy (non-hydrogen) atoms. The van der Waals surface area contributed by atoms with Gasteiger partial charge in [-0.2, -0.15) is 0 Å². The van der Waals surface area contributed by atoms with Crippen molar-refractivity contribution < 1.29 is 8.42 Å². The molecule has 1 N–H and O–H groups in total. The molecule has 1 heterocycles. The highest BCUT2D eigenvalue weighted by Crippen LogP contribution is 2.17. The summed E-state index contributed by atoms with van der Waals surface area (Å²) in [5.41, 5.74) is 0.718. The maximum Gasteiger partial charge on any atom is 0.263 e. The Bertz CT molecular complexity index is 581. The van der Waals surface area contributed by atoms with E-state index in [-0.39, 0.29) is 4.90 Å². The molecule has 0 amide bonds. The summed E-state index contributed by atoms with van der Waals surface area (Å²) in [6.45, 7) is 0. The van der Waals surface area contributed by atoms with Gasteiger partial charge in [0.05, 0.1) is 10.3 Å². The van der Waals surface area contributed by atoms with Gasteiger partial charge in [0.2, 0.25) is 0 Å². The molecular formula is C9H9N2O2PS2. The SMILES string of the molecule is O=S(=O)(Nc1nc(P)cs1)c1ccccc1. The second-order valence-corrected chi connectivity index (χ2v) is 6.13. The van der Waals surface area contributed by atoms with Crippen LogP contribution in [0.15, 0.2) is 40.6 Å². The molecule has 0 aliphatic heterocycles. The molecule has 0 aliphatic rings. The molecule has 1 aromatic heterocycles. The lowest BCUT2D eigenvalue weighted by atomic mass is 10.4. The van der Waals surface area contributed by atoms with Crippen molar-refractivity contribution in [3.05, 3.63) is 35.7 Å². The number of nitrogens with one attached hydrogen (secondary N) is 1. The Morgan fingerprint density at radius 2 is 1.94 bits per heavy atom. The zero-order valence-electron chi connectivity index (χ0n) is 8.12. The lowest BCUT2D eigenvalue weighted by Crippen LogP contribution is -2.13. The summed E-state index contributed by atoms with van der Waals surface area (Å²) >= 11 is 1.25. The number of aromatic nitrogens is 1. The molecule has 7 heteroatoms.